The summed E-state index contributed by atoms with van der Waals surface area (Å²) in [7, 11) is 0. The van der Waals surface area contributed by atoms with E-state index in [4.69, 9.17) is 4.42 Å². The molecule has 4 aromatic rings. The van der Waals surface area contributed by atoms with E-state index in [1.165, 1.54) is 5.56 Å². The second kappa shape index (κ2) is 5.00. The molecule has 0 fully saturated rings. The van der Waals surface area contributed by atoms with Crippen LogP contribution in [0.3, 0.4) is 0 Å². The molecule has 0 spiro atoms. The molecule has 21 heavy (non-hydrogen) atoms. The van der Waals surface area contributed by atoms with Crippen LogP contribution in [0.15, 0.2) is 74.0 Å². The molecule has 0 atom stereocenters. The zero-order valence-corrected chi connectivity index (χ0v) is 14.1. The molecular formula is C18H10Br2O. The van der Waals surface area contributed by atoms with Gasteiger partial charge in [0, 0.05) is 19.7 Å². The van der Waals surface area contributed by atoms with E-state index >= 15 is 0 Å². The molecule has 3 aromatic carbocycles. The fourth-order valence-corrected chi connectivity index (χ4v) is 4.02. The van der Waals surface area contributed by atoms with E-state index in [0.29, 0.717) is 0 Å². The molecule has 0 bridgehead atoms. The lowest BCUT2D eigenvalue weighted by atomic mass is 10.00. The third kappa shape index (κ3) is 2.21. The largest absolute Gasteiger partial charge is 0.456 e. The zero-order valence-electron chi connectivity index (χ0n) is 10.9. The van der Waals surface area contributed by atoms with Gasteiger partial charge in [0.15, 0.2) is 0 Å². The lowest BCUT2D eigenvalue weighted by Gasteiger charge is -2.05. The summed E-state index contributed by atoms with van der Waals surface area (Å²) in [6.45, 7) is 0. The number of rotatable bonds is 1. The van der Waals surface area contributed by atoms with Gasteiger partial charge in [0.25, 0.3) is 0 Å². The van der Waals surface area contributed by atoms with Crippen LogP contribution in [0.5, 0.6) is 0 Å². The van der Waals surface area contributed by atoms with E-state index in [-0.39, 0.29) is 0 Å². The van der Waals surface area contributed by atoms with Gasteiger partial charge in [-0.3, -0.25) is 0 Å². The van der Waals surface area contributed by atoms with E-state index in [2.05, 4.69) is 56.1 Å². The summed E-state index contributed by atoms with van der Waals surface area (Å²) in [5.41, 5.74) is 4.19. The Kier molecular flexibility index (Phi) is 3.12. The van der Waals surface area contributed by atoms with E-state index in [1.54, 1.807) is 0 Å². The van der Waals surface area contributed by atoms with Crippen LogP contribution >= 0.6 is 31.9 Å². The summed E-state index contributed by atoms with van der Waals surface area (Å²) in [5.74, 6) is 0. The van der Waals surface area contributed by atoms with Crippen molar-refractivity contribution < 1.29 is 4.42 Å². The van der Waals surface area contributed by atoms with Gasteiger partial charge in [0.05, 0.1) is 0 Å². The fraction of sp³-hybridized carbons (Fsp3) is 0. The summed E-state index contributed by atoms with van der Waals surface area (Å²) in [6, 6.07) is 20.7. The van der Waals surface area contributed by atoms with Gasteiger partial charge in [-0.15, -0.1) is 0 Å². The summed E-state index contributed by atoms with van der Waals surface area (Å²) in [6.07, 6.45) is 0. The normalized spacial score (nSPS) is 11.3. The first-order chi connectivity index (χ1) is 10.2. The molecule has 0 radical (unpaired) electrons. The van der Waals surface area contributed by atoms with Crippen molar-refractivity contribution in [3.05, 3.63) is 69.6 Å². The van der Waals surface area contributed by atoms with Crippen molar-refractivity contribution in [2.75, 3.05) is 0 Å². The molecule has 0 saturated carbocycles. The number of hydrogen-bond acceptors (Lipinski definition) is 1. The Bertz CT molecular complexity index is 949. The Labute approximate surface area is 138 Å². The van der Waals surface area contributed by atoms with Crippen molar-refractivity contribution in [2.45, 2.75) is 0 Å². The molecule has 0 unspecified atom stereocenters. The van der Waals surface area contributed by atoms with Crippen molar-refractivity contribution in [3.63, 3.8) is 0 Å². The molecule has 3 heteroatoms. The first-order valence-corrected chi connectivity index (χ1v) is 8.18. The van der Waals surface area contributed by atoms with Crippen LogP contribution in [0, 0.1) is 0 Å². The smallest absolute Gasteiger partial charge is 0.136 e. The van der Waals surface area contributed by atoms with Gasteiger partial charge in [0.1, 0.15) is 11.2 Å². The van der Waals surface area contributed by atoms with E-state index in [1.807, 2.05) is 36.4 Å². The van der Waals surface area contributed by atoms with Crippen LogP contribution in [0.4, 0.5) is 0 Å². The Balaban J connectivity index is 2.13. The average molecular weight is 402 g/mol. The number of fused-ring (bicyclic) bond motifs is 3. The third-order valence-electron chi connectivity index (χ3n) is 3.58. The van der Waals surface area contributed by atoms with Crippen LogP contribution in [0.2, 0.25) is 0 Å². The van der Waals surface area contributed by atoms with Crippen molar-refractivity contribution in [3.8, 4) is 11.1 Å². The number of furan rings is 1. The minimum Gasteiger partial charge on any atom is -0.456 e. The first kappa shape index (κ1) is 13.1. The maximum Gasteiger partial charge on any atom is 0.136 e. The van der Waals surface area contributed by atoms with Gasteiger partial charge < -0.3 is 4.42 Å². The second-order valence-electron chi connectivity index (χ2n) is 4.94. The van der Waals surface area contributed by atoms with Crippen LogP contribution in [-0.2, 0) is 0 Å². The molecule has 1 heterocycles. The quantitative estimate of drug-likeness (QED) is 0.342. The molecule has 1 aromatic heterocycles. The van der Waals surface area contributed by atoms with E-state index < -0.39 is 0 Å². The highest BCUT2D eigenvalue weighted by molar-refractivity contribution is 9.11. The molecular weight excluding hydrogens is 392 g/mol. The molecule has 102 valence electrons. The average Bonchev–Trinajstić information content (AvgIpc) is 2.84. The van der Waals surface area contributed by atoms with E-state index in [0.717, 1.165) is 36.4 Å². The number of benzene rings is 3. The number of hydrogen-bond donors (Lipinski definition) is 0. The molecule has 1 nitrogen and oxygen atoms in total. The Morgan fingerprint density at radius 1 is 0.714 bits per heavy atom. The molecule has 0 aliphatic rings. The van der Waals surface area contributed by atoms with Gasteiger partial charge in [-0.25, -0.2) is 0 Å². The van der Waals surface area contributed by atoms with Crippen LogP contribution in [-0.4, -0.2) is 0 Å². The molecule has 0 N–H and O–H groups in total. The van der Waals surface area contributed by atoms with Gasteiger partial charge in [-0.05, 0) is 41.5 Å². The Hall–Kier alpha value is -1.58. The SMILES string of the molecule is Brc1cc(Br)cc(-c2cccc3oc4ccccc4c23)c1. The number of halogens is 2. The number of para-hydroxylation sites is 1. The lowest BCUT2D eigenvalue weighted by molar-refractivity contribution is 0.669. The van der Waals surface area contributed by atoms with Crippen LogP contribution in [0.1, 0.15) is 0 Å². The summed E-state index contributed by atoms with van der Waals surface area (Å²) >= 11 is 7.12. The van der Waals surface area contributed by atoms with Crippen LogP contribution < -0.4 is 0 Å². The van der Waals surface area contributed by atoms with Crippen molar-refractivity contribution in [1.82, 2.24) is 0 Å². The predicted octanol–water partition coefficient (Wildman–Crippen LogP) is 6.78. The zero-order chi connectivity index (χ0) is 14.4. The third-order valence-corrected chi connectivity index (χ3v) is 4.49. The van der Waals surface area contributed by atoms with Crippen molar-refractivity contribution in [1.29, 1.82) is 0 Å². The molecule has 0 saturated heterocycles. The van der Waals surface area contributed by atoms with Gasteiger partial charge in [-0.1, -0.05) is 62.2 Å². The first-order valence-electron chi connectivity index (χ1n) is 6.59. The predicted molar refractivity (Wildman–Crippen MR) is 94.6 cm³/mol. The fourth-order valence-electron chi connectivity index (χ4n) is 2.72. The minimum absolute atomic E-state index is 0.921. The topological polar surface area (TPSA) is 13.1 Å². The van der Waals surface area contributed by atoms with Gasteiger partial charge in [0.2, 0.25) is 0 Å². The van der Waals surface area contributed by atoms with Crippen molar-refractivity contribution in [2.24, 2.45) is 0 Å². The highest BCUT2D eigenvalue weighted by atomic mass is 79.9. The van der Waals surface area contributed by atoms with Crippen LogP contribution in [0.25, 0.3) is 33.1 Å². The maximum absolute atomic E-state index is 5.95. The highest BCUT2D eigenvalue weighted by Crippen LogP contribution is 2.38. The lowest BCUT2D eigenvalue weighted by Crippen LogP contribution is -1.80. The van der Waals surface area contributed by atoms with E-state index in [9.17, 15) is 0 Å². The molecule has 0 aliphatic carbocycles. The standard InChI is InChI=1S/C18H10Br2O/c19-12-8-11(9-13(20)10-12)14-5-3-7-17-18(14)15-4-1-2-6-16(15)21-17/h1-10H. The summed E-state index contributed by atoms with van der Waals surface area (Å²) < 4.78 is 8.06. The molecule has 0 aliphatic heterocycles. The summed E-state index contributed by atoms with van der Waals surface area (Å²) in [4.78, 5) is 0. The molecule has 4 rings (SSSR count). The molecule has 0 amide bonds. The summed E-state index contributed by atoms with van der Waals surface area (Å²) in [5, 5.41) is 2.32. The van der Waals surface area contributed by atoms with Gasteiger partial charge in [-0.2, -0.15) is 0 Å². The minimum atomic E-state index is 0.921. The Morgan fingerprint density at radius 2 is 1.43 bits per heavy atom. The maximum atomic E-state index is 5.95. The van der Waals surface area contributed by atoms with Gasteiger partial charge >= 0.3 is 0 Å². The monoisotopic (exact) mass is 400 g/mol. The highest BCUT2D eigenvalue weighted by Gasteiger charge is 2.12. The Morgan fingerprint density at radius 3 is 2.24 bits per heavy atom. The second-order valence-corrected chi connectivity index (χ2v) is 6.77. The van der Waals surface area contributed by atoms with Crippen molar-refractivity contribution >= 4 is 53.8 Å².